The van der Waals surface area contributed by atoms with Gasteiger partial charge in [-0.1, -0.05) is 0 Å². The lowest BCUT2D eigenvalue weighted by Gasteiger charge is -2.31. The molecule has 7 nitrogen and oxygen atoms in total. The van der Waals surface area contributed by atoms with Gasteiger partial charge in [-0.3, -0.25) is 14.2 Å². The van der Waals surface area contributed by atoms with E-state index in [1.54, 1.807) is 23.9 Å². The Hall–Kier alpha value is -2.44. The van der Waals surface area contributed by atoms with Crippen LogP contribution >= 0.6 is 0 Å². The summed E-state index contributed by atoms with van der Waals surface area (Å²) in [5.74, 6) is 1.30. The maximum Gasteiger partial charge on any atom is 0.275 e. The average Bonchev–Trinajstić information content (AvgIpc) is 3.38. The van der Waals surface area contributed by atoms with Crippen LogP contribution < -0.4 is 5.56 Å². The van der Waals surface area contributed by atoms with Gasteiger partial charge in [0, 0.05) is 38.5 Å². The summed E-state index contributed by atoms with van der Waals surface area (Å²) >= 11 is 0. The lowest BCUT2D eigenvalue weighted by molar-refractivity contribution is 0.0676. The van der Waals surface area contributed by atoms with Crippen LogP contribution in [-0.4, -0.2) is 38.4 Å². The molecule has 0 unspecified atom stereocenters. The van der Waals surface area contributed by atoms with Crippen LogP contribution in [0.3, 0.4) is 0 Å². The van der Waals surface area contributed by atoms with E-state index < -0.39 is 0 Å². The Labute approximate surface area is 145 Å². The summed E-state index contributed by atoms with van der Waals surface area (Å²) in [6, 6.07) is 1.68. The first-order chi connectivity index (χ1) is 12.1. The van der Waals surface area contributed by atoms with E-state index in [1.165, 1.54) is 6.26 Å². The van der Waals surface area contributed by atoms with Crippen molar-refractivity contribution in [2.45, 2.75) is 45.1 Å². The van der Waals surface area contributed by atoms with Crippen molar-refractivity contribution >= 4 is 5.91 Å². The number of hydrogen-bond acceptors (Lipinski definition) is 5. The number of aromatic nitrogens is 3. The lowest BCUT2D eigenvalue weighted by Crippen LogP contribution is -2.40. The fourth-order valence-corrected chi connectivity index (χ4v) is 3.40. The van der Waals surface area contributed by atoms with Crippen molar-refractivity contribution in [1.29, 1.82) is 0 Å². The van der Waals surface area contributed by atoms with Crippen LogP contribution in [0.25, 0.3) is 0 Å². The Morgan fingerprint density at radius 2 is 2.04 bits per heavy atom. The summed E-state index contributed by atoms with van der Waals surface area (Å²) < 4.78 is 6.82. The molecule has 1 amide bonds. The first kappa shape index (κ1) is 16.1. The number of carbonyl (C=O) groups excluding carboxylic acids is 1. The smallest absolute Gasteiger partial charge is 0.275 e. The molecule has 2 aliphatic rings. The van der Waals surface area contributed by atoms with Crippen molar-refractivity contribution in [1.82, 2.24) is 19.4 Å². The van der Waals surface area contributed by atoms with E-state index in [0.29, 0.717) is 43.1 Å². The molecule has 25 heavy (non-hydrogen) atoms. The summed E-state index contributed by atoms with van der Waals surface area (Å²) in [6.07, 6.45) is 7.14. The molecule has 1 aliphatic heterocycles. The molecule has 132 valence electrons. The van der Waals surface area contributed by atoms with Crippen LogP contribution in [0.15, 0.2) is 27.9 Å². The summed E-state index contributed by atoms with van der Waals surface area (Å²) in [5, 5.41) is 0. The molecule has 4 rings (SSSR count). The van der Waals surface area contributed by atoms with Crippen LogP contribution in [0.1, 0.15) is 53.7 Å². The second-order valence-corrected chi connectivity index (χ2v) is 7.07. The highest BCUT2D eigenvalue weighted by Crippen LogP contribution is 2.38. The normalized spacial score (nSPS) is 18.5. The van der Waals surface area contributed by atoms with Gasteiger partial charge in [0.25, 0.3) is 11.5 Å². The standard InChI is InChI=1S/C18H22N4O3/c1-12-20-16(10-25-12)18(24)21-6-4-13(5-7-21)9-22-11-19-15(8-17(22)23)14-2-3-14/h8,10-11,13-14H,2-7,9H2,1H3. The number of hydrogen-bond donors (Lipinski definition) is 0. The third kappa shape index (κ3) is 3.50. The molecule has 1 saturated carbocycles. The number of oxazole rings is 1. The zero-order valence-electron chi connectivity index (χ0n) is 14.4. The predicted octanol–water partition coefficient (Wildman–Crippen LogP) is 1.97. The molecule has 3 heterocycles. The Balaban J connectivity index is 1.34. The fraction of sp³-hybridized carbons (Fsp3) is 0.556. The van der Waals surface area contributed by atoms with Gasteiger partial charge in [0.2, 0.25) is 0 Å². The molecule has 0 radical (unpaired) electrons. The fourth-order valence-electron chi connectivity index (χ4n) is 3.40. The summed E-state index contributed by atoms with van der Waals surface area (Å²) in [5.41, 5.74) is 1.34. The summed E-state index contributed by atoms with van der Waals surface area (Å²) in [7, 11) is 0. The van der Waals surface area contributed by atoms with E-state index in [-0.39, 0.29) is 11.5 Å². The number of amides is 1. The topological polar surface area (TPSA) is 81.2 Å². The number of carbonyl (C=O) groups is 1. The zero-order chi connectivity index (χ0) is 17.4. The molecule has 0 N–H and O–H groups in total. The van der Waals surface area contributed by atoms with E-state index in [4.69, 9.17) is 4.42 Å². The molecule has 1 saturated heterocycles. The van der Waals surface area contributed by atoms with Gasteiger partial charge in [0.05, 0.1) is 12.0 Å². The molecule has 2 aromatic rings. The third-order valence-corrected chi connectivity index (χ3v) is 5.09. The minimum atomic E-state index is -0.0806. The molecule has 1 aliphatic carbocycles. The molecule has 0 bridgehead atoms. The number of aryl methyl sites for hydroxylation is 1. The molecule has 7 heteroatoms. The Kier molecular flexibility index (Phi) is 4.15. The van der Waals surface area contributed by atoms with E-state index in [9.17, 15) is 9.59 Å². The van der Waals surface area contributed by atoms with E-state index in [2.05, 4.69) is 9.97 Å². The minimum absolute atomic E-state index is 0.0356. The van der Waals surface area contributed by atoms with Gasteiger partial charge in [0.1, 0.15) is 6.26 Å². The van der Waals surface area contributed by atoms with Gasteiger partial charge >= 0.3 is 0 Å². The van der Waals surface area contributed by atoms with Gasteiger partial charge < -0.3 is 9.32 Å². The van der Waals surface area contributed by atoms with E-state index >= 15 is 0 Å². The SMILES string of the molecule is Cc1nc(C(=O)N2CCC(Cn3cnc(C4CC4)cc3=O)CC2)co1. The van der Waals surface area contributed by atoms with Crippen LogP contribution in [0.4, 0.5) is 0 Å². The number of piperidine rings is 1. The quantitative estimate of drug-likeness (QED) is 0.848. The van der Waals surface area contributed by atoms with Crippen molar-refractivity contribution in [3.05, 3.63) is 46.3 Å². The third-order valence-electron chi connectivity index (χ3n) is 5.09. The first-order valence-electron chi connectivity index (χ1n) is 8.88. The van der Waals surface area contributed by atoms with E-state index in [0.717, 1.165) is 31.4 Å². The van der Waals surface area contributed by atoms with Crippen molar-refractivity contribution in [3.63, 3.8) is 0 Å². The average molecular weight is 342 g/mol. The second-order valence-electron chi connectivity index (χ2n) is 7.07. The Morgan fingerprint density at radius 3 is 2.64 bits per heavy atom. The van der Waals surface area contributed by atoms with Crippen molar-refractivity contribution in [2.24, 2.45) is 5.92 Å². The van der Waals surface area contributed by atoms with Gasteiger partial charge in [-0.2, -0.15) is 0 Å². The maximum atomic E-state index is 12.4. The number of rotatable bonds is 4. The van der Waals surface area contributed by atoms with Gasteiger partial charge in [-0.25, -0.2) is 9.97 Å². The molecular weight excluding hydrogens is 320 g/mol. The molecule has 0 aromatic carbocycles. The molecule has 2 aromatic heterocycles. The maximum absolute atomic E-state index is 12.4. The highest BCUT2D eigenvalue weighted by atomic mass is 16.3. The van der Waals surface area contributed by atoms with Crippen LogP contribution in [0.2, 0.25) is 0 Å². The Morgan fingerprint density at radius 1 is 1.28 bits per heavy atom. The van der Waals surface area contributed by atoms with Crippen LogP contribution in [0.5, 0.6) is 0 Å². The highest BCUT2D eigenvalue weighted by Gasteiger charge is 2.27. The molecule has 2 fully saturated rings. The number of nitrogens with zero attached hydrogens (tertiary/aromatic N) is 4. The molecular formula is C18H22N4O3. The van der Waals surface area contributed by atoms with Crippen molar-refractivity contribution in [3.8, 4) is 0 Å². The largest absolute Gasteiger partial charge is 0.448 e. The van der Waals surface area contributed by atoms with E-state index in [1.807, 2.05) is 4.90 Å². The second kappa shape index (κ2) is 6.46. The molecule has 0 spiro atoms. The minimum Gasteiger partial charge on any atom is -0.448 e. The lowest BCUT2D eigenvalue weighted by atomic mass is 9.96. The first-order valence-corrected chi connectivity index (χ1v) is 8.88. The summed E-state index contributed by atoms with van der Waals surface area (Å²) in [4.78, 5) is 35.0. The predicted molar refractivity (Wildman–Crippen MR) is 90.3 cm³/mol. The monoisotopic (exact) mass is 342 g/mol. The zero-order valence-corrected chi connectivity index (χ0v) is 14.4. The van der Waals surface area contributed by atoms with Crippen LogP contribution in [-0.2, 0) is 6.54 Å². The van der Waals surface area contributed by atoms with Crippen molar-refractivity contribution < 1.29 is 9.21 Å². The highest BCUT2D eigenvalue weighted by molar-refractivity contribution is 5.92. The summed E-state index contributed by atoms with van der Waals surface area (Å²) in [6.45, 7) is 3.75. The van der Waals surface area contributed by atoms with Gasteiger partial charge in [0.15, 0.2) is 11.6 Å². The molecule has 0 atom stereocenters. The van der Waals surface area contributed by atoms with Crippen LogP contribution in [0, 0.1) is 12.8 Å². The Bertz CT molecular complexity index is 829. The van der Waals surface area contributed by atoms with Gasteiger partial charge in [-0.15, -0.1) is 0 Å². The van der Waals surface area contributed by atoms with Crippen molar-refractivity contribution in [2.75, 3.05) is 13.1 Å². The van der Waals surface area contributed by atoms with Gasteiger partial charge in [-0.05, 0) is 31.6 Å². The number of likely N-dealkylation sites (tertiary alicyclic amines) is 1.